The lowest BCUT2D eigenvalue weighted by atomic mass is 10.3. The number of nitrogens with one attached hydrogen (secondary N) is 3. The van der Waals surface area contributed by atoms with Gasteiger partial charge in [-0.05, 0) is 37.6 Å². The topological polar surface area (TPSA) is 129 Å². The van der Waals surface area contributed by atoms with Gasteiger partial charge < -0.3 is 15.4 Å². The van der Waals surface area contributed by atoms with Crippen LogP contribution in [0.25, 0.3) is 0 Å². The summed E-state index contributed by atoms with van der Waals surface area (Å²) >= 11 is 0. The fourth-order valence-corrected chi connectivity index (χ4v) is 3.25. The average molecular weight is 390 g/mol. The molecule has 0 saturated carbocycles. The summed E-state index contributed by atoms with van der Waals surface area (Å²) in [6.45, 7) is 3.32. The van der Waals surface area contributed by atoms with E-state index in [9.17, 15) is 8.42 Å². The summed E-state index contributed by atoms with van der Waals surface area (Å²) in [5, 5.41) is 15.1. The van der Waals surface area contributed by atoms with Gasteiger partial charge in [-0.1, -0.05) is 0 Å². The maximum absolute atomic E-state index is 12.2. The zero-order valence-corrected chi connectivity index (χ0v) is 16.0. The molecule has 0 saturated heterocycles. The Hall–Kier alpha value is -2.74. The van der Waals surface area contributed by atoms with Crippen molar-refractivity contribution in [2.45, 2.75) is 18.2 Å². The van der Waals surface area contributed by atoms with Gasteiger partial charge in [-0.25, -0.2) is 18.1 Å². The summed E-state index contributed by atoms with van der Waals surface area (Å²) in [6.07, 6.45) is 2.02. The van der Waals surface area contributed by atoms with Crippen molar-refractivity contribution in [1.82, 2.24) is 14.7 Å². The summed E-state index contributed by atoms with van der Waals surface area (Å²) in [6, 6.07) is 8.26. The van der Waals surface area contributed by atoms with Gasteiger partial charge in [0.05, 0.1) is 11.1 Å². The fraction of sp³-hybridized carbons (Fsp3) is 0.353. The molecule has 0 atom stereocenters. The van der Waals surface area contributed by atoms with Crippen LogP contribution in [0.15, 0.2) is 35.4 Å². The third-order valence-corrected chi connectivity index (χ3v) is 4.97. The second kappa shape index (κ2) is 9.82. The number of anilines is 3. The fourth-order valence-electron chi connectivity index (χ4n) is 2.18. The predicted octanol–water partition coefficient (Wildman–Crippen LogP) is 1.84. The minimum absolute atomic E-state index is 0.166. The van der Waals surface area contributed by atoms with E-state index in [-0.39, 0.29) is 4.90 Å². The van der Waals surface area contributed by atoms with Crippen LogP contribution in [0.4, 0.5) is 17.5 Å². The first-order chi connectivity index (χ1) is 13.0. The van der Waals surface area contributed by atoms with Crippen LogP contribution in [-0.2, 0) is 14.8 Å². The highest BCUT2D eigenvalue weighted by molar-refractivity contribution is 7.89. The number of hydrogen-bond acceptors (Lipinski definition) is 8. The average Bonchev–Trinajstić information content (AvgIpc) is 2.66. The number of rotatable bonds is 10. The Labute approximate surface area is 158 Å². The Bertz CT molecular complexity index is 894. The van der Waals surface area contributed by atoms with Crippen molar-refractivity contribution in [3.05, 3.63) is 36.0 Å². The molecule has 144 valence electrons. The summed E-state index contributed by atoms with van der Waals surface area (Å²) in [7, 11) is -2.00. The van der Waals surface area contributed by atoms with Crippen molar-refractivity contribution in [1.29, 1.82) is 5.26 Å². The van der Waals surface area contributed by atoms with Gasteiger partial charge in [0.25, 0.3) is 0 Å². The molecule has 0 radical (unpaired) electrons. The second-order valence-electron chi connectivity index (χ2n) is 5.49. The normalized spacial score (nSPS) is 11.0. The Morgan fingerprint density at radius 1 is 1.26 bits per heavy atom. The van der Waals surface area contributed by atoms with E-state index in [4.69, 9.17) is 10.00 Å². The summed E-state index contributed by atoms with van der Waals surface area (Å²) in [5.74, 6) is 0.746. The quantitative estimate of drug-likeness (QED) is 0.524. The monoisotopic (exact) mass is 390 g/mol. The zero-order chi connectivity index (χ0) is 19.7. The van der Waals surface area contributed by atoms with Gasteiger partial charge in [0.1, 0.15) is 17.5 Å². The van der Waals surface area contributed by atoms with Gasteiger partial charge in [-0.3, -0.25) is 0 Å². The molecule has 1 heterocycles. The third kappa shape index (κ3) is 5.89. The number of ether oxygens (including phenoxy) is 1. The predicted molar refractivity (Wildman–Crippen MR) is 102 cm³/mol. The van der Waals surface area contributed by atoms with Gasteiger partial charge in [0.15, 0.2) is 0 Å². The lowest BCUT2D eigenvalue weighted by molar-refractivity contribution is 0.196. The van der Waals surface area contributed by atoms with E-state index in [2.05, 4.69) is 25.3 Å². The van der Waals surface area contributed by atoms with Crippen molar-refractivity contribution in [3.63, 3.8) is 0 Å². The molecule has 1 aromatic heterocycles. The smallest absolute Gasteiger partial charge is 0.240 e. The van der Waals surface area contributed by atoms with Crippen LogP contribution in [0.1, 0.15) is 18.9 Å². The van der Waals surface area contributed by atoms with Crippen LogP contribution in [0.5, 0.6) is 0 Å². The van der Waals surface area contributed by atoms with Crippen LogP contribution in [0.3, 0.4) is 0 Å². The van der Waals surface area contributed by atoms with Crippen LogP contribution in [0, 0.1) is 11.3 Å². The molecule has 0 fully saturated rings. The summed E-state index contributed by atoms with van der Waals surface area (Å²) < 4.78 is 31.8. The number of hydrogen-bond donors (Lipinski definition) is 3. The number of methoxy groups -OCH3 is 1. The molecule has 27 heavy (non-hydrogen) atoms. The molecular weight excluding hydrogens is 368 g/mol. The molecule has 1 aromatic carbocycles. The van der Waals surface area contributed by atoms with E-state index in [1.165, 1.54) is 18.3 Å². The van der Waals surface area contributed by atoms with E-state index in [0.717, 1.165) is 0 Å². The number of aromatic nitrogens is 2. The number of benzene rings is 1. The molecule has 0 aliphatic carbocycles. The molecule has 9 nitrogen and oxygen atoms in total. The SMILES string of the molecule is CCNc1nc(Nc2ccc(S(=O)(=O)NCCCOC)cc2)ncc1C#N. The first-order valence-electron chi connectivity index (χ1n) is 8.37. The van der Waals surface area contributed by atoms with Crippen molar-refractivity contribution in [3.8, 4) is 6.07 Å². The summed E-state index contributed by atoms with van der Waals surface area (Å²) in [4.78, 5) is 8.52. The lowest BCUT2D eigenvalue weighted by Crippen LogP contribution is -2.25. The second-order valence-corrected chi connectivity index (χ2v) is 7.26. The van der Waals surface area contributed by atoms with E-state index in [1.807, 2.05) is 13.0 Å². The number of sulfonamides is 1. The Morgan fingerprint density at radius 3 is 2.63 bits per heavy atom. The van der Waals surface area contributed by atoms with Gasteiger partial charge in [-0.2, -0.15) is 10.2 Å². The maximum atomic E-state index is 12.2. The van der Waals surface area contributed by atoms with Crippen molar-refractivity contribution in [2.24, 2.45) is 0 Å². The molecule has 0 bridgehead atoms. The molecule has 10 heteroatoms. The van der Waals surface area contributed by atoms with Crippen molar-refractivity contribution >= 4 is 27.5 Å². The highest BCUT2D eigenvalue weighted by Crippen LogP contribution is 2.19. The van der Waals surface area contributed by atoms with E-state index in [0.29, 0.717) is 49.1 Å². The molecular formula is C17H22N6O3S. The highest BCUT2D eigenvalue weighted by atomic mass is 32.2. The minimum Gasteiger partial charge on any atom is -0.385 e. The Kier molecular flexibility index (Phi) is 7.48. The Morgan fingerprint density at radius 2 is 2.00 bits per heavy atom. The van der Waals surface area contributed by atoms with Crippen LogP contribution in [-0.4, -0.2) is 45.2 Å². The third-order valence-electron chi connectivity index (χ3n) is 3.49. The highest BCUT2D eigenvalue weighted by Gasteiger charge is 2.13. The van der Waals surface area contributed by atoms with Gasteiger partial charge in [0, 0.05) is 32.5 Å². The zero-order valence-electron chi connectivity index (χ0n) is 15.2. The van der Waals surface area contributed by atoms with Crippen LogP contribution < -0.4 is 15.4 Å². The van der Waals surface area contributed by atoms with Crippen molar-refractivity contribution in [2.75, 3.05) is 37.4 Å². The van der Waals surface area contributed by atoms with Crippen molar-refractivity contribution < 1.29 is 13.2 Å². The first-order valence-corrected chi connectivity index (χ1v) is 9.85. The van der Waals surface area contributed by atoms with Gasteiger partial charge >= 0.3 is 0 Å². The number of nitrogens with zero attached hydrogens (tertiary/aromatic N) is 3. The van der Waals surface area contributed by atoms with Gasteiger partial charge in [-0.15, -0.1) is 0 Å². The molecule has 0 aliphatic rings. The van der Waals surface area contributed by atoms with E-state index < -0.39 is 10.0 Å². The first kappa shape index (κ1) is 20.6. The summed E-state index contributed by atoms with van der Waals surface area (Å²) in [5.41, 5.74) is 0.976. The molecule has 0 amide bonds. The standard InChI is InChI=1S/C17H22N6O3S/c1-3-19-16-13(11-18)12-20-17(23-16)22-14-5-7-15(8-6-14)27(24,25)21-9-4-10-26-2/h5-8,12,21H,3-4,9-10H2,1-2H3,(H2,19,20,22,23). The van der Waals surface area contributed by atoms with Crippen LogP contribution in [0.2, 0.25) is 0 Å². The number of nitriles is 1. The molecule has 0 unspecified atom stereocenters. The van der Waals surface area contributed by atoms with E-state index in [1.54, 1.807) is 19.2 Å². The Balaban J connectivity index is 2.07. The van der Waals surface area contributed by atoms with Gasteiger partial charge in [0.2, 0.25) is 16.0 Å². The van der Waals surface area contributed by atoms with E-state index >= 15 is 0 Å². The van der Waals surface area contributed by atoms with Crippen LogP contribution >= 0.6 is 0 Å². The molecule has 3 N–H and O–H groups in total. The largest absolute Gasteiger partial charge is 0.385 e. The maximum Gasteiger partial charge on any atom is 0.240 e. The molecule has 2 rings (SSSR count). The molecule has 0 spiro atoms. The lowest BCUT2D eigenvalue weighted by Gasteiger charge is -2.10. The molecule has 2 aromatic rings. The molecule has 0 aliphatic heterocycles. The minimum atomic E-state index is -3.56.